The molecule has 0 aliphatic carbocycles. The maximum absolute atomic E-state index is 13.1. The quantitative estimate of drug-likeness (QED) is 0.672. The van der Waals surface area contributed by atoms with Crippen molar-refractivity contribution in [1.29, 1.82) is 0 Å². The van der Waals surface area contributed by atoms with Crippen molar-refractivity contribution in [3.63, 3.8) is 0 Å². The minimum Gasteiger partial charge on any atom is -0.475 e. The molecule has 8 nitrogen and oxygen atoms in total. The molecule has 5 rings (SSSR count). The van der Waals surface area contributed by atoms with E-state index in [4.69, 9.17) is 9.90 Å². The Labute approximate surface area is 212 Å². The second kappa shape index (κ2) is 10.5. The first-order valence-electron chi connectivity index (χ1n) is 12.1. The summed E-state index contributed by atoms with van der Waals surface area (Å²) in [5, 5.41) is 7.12. The maximum atomic E-state index is 13.1. The number of aliphatic carboxylic acids is 1. The number of aromatic nitrogens is 1. The fourth-order valence-corrected chi connectivity index (χ4v) is 5.84. The van der Waals surface area contributed by atoms with Crippen LogP contribution < -0.4 is 0 Å². The van der Waals surface area contributed by atoms with Crippen molar-refractivity contribution < 1.29 is 32.7 Å². The number of carbonyl (C=O) groups excluding carboxylic acids is 2. The maximum Gasteiger partial charge on any atom is 0.490 e. The number of amides is 2. The lowest BCUT2D eigenvalue weighted by Crippen LogP contribution is -2.56. The average molecular weight is 519 g/mol. The molecular formula is C26H29F3N4O4. The largest absolute Gasteiger partial charge is 0.490 e. The number of carboxylic acid groups (broad SMARTS) is 1. The van der Waals surface area contributed by atoms with E-state index in [0.717, 1.165) is 38.0 Å². The van der Waals surface area contributed by atoms with E-state index in [0.29, 0.717) is 19.0 Å². The third-order valence-electron chi connectivity index (χ3n) is 7.71. The van der Waals surface area contributed by atoms with Crippen LogP contribution in [0.15, 0.2) is 54.9 Å². The number of piperidine rings is 1. The Hall–Kier alpha value is -3.47. The third kappa shape index (κ3) is 5.46. The molecule has 198 valence electrons. The Morgan fingerprint density at radius 3 is 2.30 bits per heavy atom. The van der Waals surface area contributed by atoms with E-state index in [9.17, 15) is 22.8 Å². The Morgan fingerprint density at radius 2 is 1.73 bits per heavy atom. The van der Waals surface area contributed by atoms with Gasteiger partial charge in [0.15, 0.2) is 0 Å². The third-order valence-corrected chi connectivity index (χ3v) is 7.71. The standard InChI is InChI=1S/C24H28N4O2.C2HF3O2/c1-26-23(30)20-16-27(15-18-6-5-11-25-14-18)17-21(20)24(26)9-12-28(13-10-24)22(29)19-7-3-2-4-8-19;3-2(4,5)1(6)7/h2-8,11,14,20-21H,9-10,12-13,15-17H2,1H3;(H,6,7)/t20-,21+;/m0./s1. The van der Waals surface area contributed by atoms with E-state index in [2.05, 4.69) is 16.0 Å². The van der Waals surface area contributed by atoms with Gasteiger partial charge in [-0.2, -0.15) is 13.2 Å². The monoisotopic (exact) mass is 518 g/mol. The van der Waals surface area contributed by atoms with Crippen LogP contribution in [0.1, 0.15) is 28.8 Å². The lowest BCUT2D eigenvalue weighted by molar-refractivity contribution is -0.192. The fourth-order valence-electron chi connectivity index (χ4n) is 5.84. The molecule has 4 heterocycles. The normalized spacial score (nSPS) is 23.0. The van der Waals surface area contributed by atoms with Crippen molar-refractivity contribution in [2.24, 2.45) is 11.8 Å². The Kier molecular flexibility index (Phi) is 7.54. The summed E-state index contributed by atoms with van der Waals surface area (Å²) < 4.78 is 31.7. The van der Waals surface area contributed by atoms with Gasteiger partial charge in [0.1, 0.15) is 0 Å². The van der Waals surface area contributed by atoms with Gasteiger partial charge in [-0.15, -0.1) is 0 Å². The zero-order chi connectivity index (χ0) is 26.8. The highest BCUT2D eigenvalue weighted by Gasteiger charge is 2.60. The molecule has 0 saturated carbocycles. The number of carbonyl (C=O) groups is 3. The number of hydrogen-bond acceptors (Lipinski definition) is 5. The number of benzene rings is 1. The highest BCUT2D eigenvalue weighted by Crippen LogP contribution is 2.49. The van der Waals surface area contributed by atoms with Crippen molar-refractivity contribution in [3.05, 3.63) is 66.0 Å². The number of carboxylic acids is 1. The SMILES string of the molecule is CN1C(=O)[C@H]2CN(Cc3cccnc3)C[C@H]2C12CCN(C(=O)c1ccccc1)CC2.O=C(O)C(F)(F)F. The highest BCUT2D eigenvalue weighted by molar-refractivity contribution is 5.94. The number of nitrogens with zero attached hydrogens (tertiary/aromatic N) is 4. The van der Waals surface area contributed by atoms with Crippen LogP contribution in [0.3, 0.4) is 0 Å². The Morgan fingerprint density at radius 1 is 1.08 bits per heavy atom. The fraction of sp³-hybridized carbons (Fsp3) is 0.462. The predicted octanol–water partition coefficient (Wildman–Crippen LogP) is 2.91. The van der Waals surface area contributed by atoms with Crippen LogP contribution in [-0.4, -0.2) is 87.5 Å². The summed E-state index contributed by atoms with van der Waals surface area (Å²) in [6.07, 6.45) is 0.330. The summed E-state index contributed by atoms with van der Waals surface area (Å²) in [6, 6.07) is 13.6. The summed E-state index contributed by atoms with van der Waals surface area (Å²) in [7, 11) is 1.97. The molecule has 3 fully saturated rings. The van der Waals surface area contributed by atoms with Gasteiger partial charge in [0, 0.05) is 63.6 Å². The first-order chi connectivity index (χ1) is 17.5. The molecule has 1 aromatic carbocycles. The molecule has 0 unspecified atom stereocenters. The van der Waals surface area contributed by atoms with Crippen LogP contribution >= 0.6 is 0 Å². The number of alkyl halides is 3. The van der Waals surface area contributed by atoms with Crippen LogP contribution in [0.25, 0.3) is 0 Å². The summed E-state index contributed by atoms with van der Waals surface area (Å²) >= 11 is 0. The molecule has 37 heavy (non-hydrogen) atoms. The number of rotatable bonds is 3. The van der Waals surface area contributed by atoms with Gasteiger partial charge < -0.3 is 14.9 Å². The van der Waals surface area contributed by atoms with E-state index in [-0.39, 0.29) is 23.3 Å². The molecule has 2 aromatic rings. The van der Waals surface area contributed by atoms with Crippen LogP contribution in [-0.2, 0) is 16.1 Å². The number of pyridine rings is 1. The minimum atomic E-state index is -5.08. The summed E-state index contributed by atoms with van der Waals surface area (Å²) in [6.45, 7) is 4.00. The van der Waals surface area contributed by atoms with Gasteiger partial charge in [0.2, 0.25) is 5.91 Å². The Balaban J connectivity index is 0.000000405. The lowest BCUT2D eigenvalue weighted by atomic mass is 9.75. The molecule has 0 bridgehead atoms. The zero-order valence-electron chi connectivity index (χ0n) is 20.4. The van der Waals surface area contributed by atoms with E-state index in [1.54, 1.807) is 6.20 Å². The van der Waals surface area contributed by atoms with Crippen molar-refractivity contribution in [1.82, 2.24) is 19.7 Å². The number of hydrogen-bond donors (Lipinski definition) is 1. The van der Waals surface area contributed by atoms with Crippen molar-refractivity contribution in [3.8, 4) is 0 Å². The van der Waals surface area contributed by atoms with E-state index in [1.165, 1.54) is 5.56 Å². The Bertz CT molecular complexity index is 1120. The van der Waals surface area contributed by atoms with E-state index >= 15 is 0 Å². The van der Waals surface area contributed by atoms with Crippen LogP contribution in [0, 0.1) is 11.8 Å². The lowest BCUT2D eigenvalue weighted by Gasteiger charge is -2.46. The summed E-state index contributed by atoms with van der Waals surface area (Å²) in [5.74, 6) is -1.98. The van der Waals surface area contributed by atoms with Crippen LogP contribution in [0.2, 0.25) is 0 Å². The smallest absolute Gasteiger partial charge is 0.475 e. The van der Waals surface area contributed by atoms with Gasteiger partial charge in [-0.05, 0) is 36.6 Å². The highest BCUT2D eigenvalue weighted by atomic mass is 19.4. The molecule has 11 heteroatoms. The predicted molar refractivity (Wildman–Crippen MR) is 127 cm³/mol. The van der Waals surface area contributed by atoms with Gasteiger partial charge in [0.05, 0.1) is 11.5 Å². The molecule has 3 aliphatic heterocycles. The van der Waals surface area contributed by atoms with Crippen LogP contribution in [0.5, 0.6) is 0 Å². The second-order valence-corrected chi connectivity index (χ2v) is 9.73. The average Bonchev–Trinajstić information content (AvgIpc) is 3.39. The summed E-state index contributed by atoms with van der Waals surface area (Å²) in [4.78, 5) is 45.5. The number of likely N-dealkylation sites (tertiary alicyclic amines) is 3. The van der Waals surface area contributed by atoms with Crippen molar-refractivity contribution >= 4 is 17.8 Å². The number of fused-ring (bicyclic) bond motifs is 2. The molecule has 1 N–H and O–H groups in total. The van der Waals surface area contributed by atoms with Gasteiger partial charge >= 0.3 is 12.1 Å². The first kappa shape index (κ1) is 26.6. The van der Waals surface area contributed by atoms with Gasteiger partial charge in [-0.25, -0.2) is 4.79 Å². The molecule has 3 aliphatic rings. The topological polar surface area (TPSA) is 94.1 Å². The van der Waals surface area contributed by atoms with Crippen molar-refractivity contribution in [2.75, 3.05) is 33.2 Å². The number of halogens is 3. The molecule has 2 atom stereocenters. The van der Waals surface area contributed by atoms with E-state index < -0.39 is 12.1 Å². The molecule has 0 radical (unpaired) electrons. The van der Waals surface area contributed by atoms with E-state index in [1.807, 2.05) is 59.4 Å². The second-order valence-electron chi connectivity index (χ2n) is 9.73. The molecule has 1 aromatic heterocycles. The zero-order valence-corrected chi connectivity index (χ0v) is 20.4. The van der Waals surface area contributed by atoms with Crippen LogP contribution in [0.4, 0.5) is 13.2 Å². The van der Waals surface area contributed by atoms with Gasteiger partial charge in [-0.1, -0.05) is 24.3 Å². The summed E-state index contributed by atoms with van der Waals surface area (Å²) in [5.41, 5.74) is 1.81. The molecule has 1 spiro atoms. The molecule has 2 amide bonds. The molecular weight excluding hydrogens is 489 g/mol. The minimum absolute atomic E-state index is 0.0723. The molecule has 3 saturated heterocycles. The van der Waals surface area contributed by atoms with Gasteiger partial charge in [0.25, 0.3) is 5.91 Å². The first-order valence-corrected chi connectivity index (χ1v) is 12.1. The van der Waals surface area contributed by atoms with Crippen molar-refractivity contribution in [2.45, 2.75) is 31.1 Å². The van der Waals surface area contributed by atoms with Gasteiger partial charge in [-0.3, -0.25) is 19.5 Å².